The number of hydrogen-bond donors (Lipinski definition) is 1. The smallest absolute Gasteiger partial charge is 0.118 e. The molecule has 0 unspecified atom stereocenters. The normalized spacial score (nSPS) is 10.6. The number of ether oxygens (including phenoxy) is 1. The van der Waals surface area contributed by atoms with Gasteiger partial charge < -0.3 is 10.1 Å². The van der Waals surface area contributed by atoms with E-state index in [0.717, 1.165) is 18.0 Å². The van der Waals surface area contributed by atoms with Crippen molar-refractivity contribution in [2.24, 2.45) is 0 Å². The van der Waals surface area contributed by atoms with E-state index in [4.69, 9.17) is 4.74 Å². The van der Waals surface area contributed by atoms with Crippen molar-refractivity contribution >= 4 is 11.8 Å². The lowest BCUT2D eigenvalue weighted by Crippen LogP contribution is -1.97. The van der Waals surface area contributed by atoms with Crippen LogP contribution in [0.5, 0.6) is 5.75 Å². The molecular weight excluding hydrogens is 234 g/mol. The molecule has 2 aromatic rings. The standard InChI is InChI=1S/C17H19NO/c1-14-5-9-16(10-6-14)18-13-3-4-15-7-11-17(19-2)12-8-15/h3-12,18H,13H2,1-2H3. The molecule has 0 saturated heterocycles. The van der Waals surface area contributed by atoms with Crippen molar-refractivity contribution in [3.05, 3.63) is 65.7 Å². The lowest BCUT2D eigenvalue weighted by Gasteiger charge is -2.03. The molecule has 2 rings (SSSR count). The number of benzene rings is 2. The highest BCUT2D eigenvalue weighted by molar-refractivity contribution is 5.52. The molecule has 19 heavy (non-hydrogen) atoms. The van der Waals surface area contributed by atoms with Crippen molar-refractivity contribution in [3.63, 3.8) is 0 Å². The van der Waals surface area contributed by atoms with Crippen molar-refractivity contribution in [2.75, 3.05) is 19.0 Å². The highest BCUT2D eigenvalue weighted by atomic mass is 16.5. The first-order valence-corrected chi connectivity index (χ1v) is 6.39. The van der Waals surface area contributed by atoms with E-state index < -0.39 is 0 Å². The monoisotopic (exact) mass is 253 g/mol. The van der Waals surface area contributed by atoms with E-state index >= 15 is 0 Å². The second-order valence-electron chi connectivity index (χ2n) is 4.42. The summed E-state index contributed by atoms with van der Waals surface area (Å²) in [5, 5.41) is 3.35. The Hall–Kier alpha value is -2.22. The first-order chi connectivity index (χ1) is 9.28. The molecule has 0 aliphatic heterocycles. The first-order valence-electron chi connectivity index (χ1n) is 6.39. The average molecular weight is 253 g/mol. The summed E-state index contributed by atoms with van der Waals surface area (Å²) >= 11 is 0. The molecule has 1 N–H and O–H groups in total. The van der Waals surface area contributed by atoms with Crippen LogP contribution in [0.1, 0.15) is 11.1 Å². The third-order valence-corrected chi connectivity index (χ3v) is 2.90. The summed E-state index contributed by atoms with van der Waals surface area (Å²) in [4.78, 5) is 0. The third kappa shape index (κ3) is 4.18. The van der Waals surface area contributed by atoms with E-state index in [1.807, 2.05) is 24.3 Å². The predicted molar refractivity (Wildman–Crippen MR) is 81.7 cm³/mol. The van der Waals surface area contributed by atoms with Crippen LogP contribution in [0.4, 0.5) is 5.69 Å². The summed E-state index contributed by atoms with van der Waals surface area (Å²) in [6.07, 6.45) is 4.21. The molecule has 0 heterocycles. The van der Waals surface area contributed by atoms with Gasteiger partial charge in [0.25, 0.3) is 0 Å². The van der Waals surface area contributed by atoms with E-state index in [-0.39, 0.29) is 0 Å². The summed E-state index contributed by atoms with van der Waals surface area (Å²) in [6.45, 7) is 2.91. The van der Waals surface area contributed by atoms with Crippen LogP contribution in [0.25, 0.3) is 6.08 Å². The van der Waals surface area contributed by atoms with Crippen molar-refractivity contribution < 1.29 is 4.74 Å². The van der Waals surface area contributed by atoms with Crippen LogP contribution < -0.4 is 10.1 Å². The van der Waals surface area contributed by atoms with Gasteiger partial charge in [-0.15, -0.1) is 0 Å². The molecule has 0 radical (unpaired) electrons. The molecule has 0 spiro atoms. The minimum Gasteiger partial charge on any atom is -0.497 e. The number of methoxy groups -OCH3 is 1. The lowest BCUT2D eigenvalue weighted by molar-refractivity contribution is 0.415. The van der Waals surface area contributed by atoms with Crippen LogP contribution in [0.2, 0.25) is 0 Å². The number of aryl methyl sites for hydroxylation is 1. The minimum atomic E-state index is 0.815. The van der Waals surface area contributed by atoms with Crippen LogP contribution in [0.3, 0.4) is 0 Å². The fraction of sp³-hybridized carbons (Fsp3) is 0.176. The molecule has 0 bridgehead atoms. The number of nitrogens with one attached hydrogen (secondary N) is 1. The van der Waals surface area contributed by atoms with Gasteiger partial charge in [0.05, 0.1) is 7.11 Å². The Morgan fingerprint density at radius 1 is 1.00 bits per heavy atom. The molecule has 2 heteroatoms. The Bertz CT molecular complexity index is 526. The van der Waals surface area contributed by atoms with E-state index in [2.05, 4.69) is 48.7 Å². The summed E-state index contributed by atoms with van der Waals surface area (Å²) in [7, 11) is 1.68. The lowest BCUT2D eigenvalue weighted by atomic mass is 10.2. The van der Waals surface area contributed by atoms with Gasteiger partial charge in [-0.3, -0.25) is 0 Å². The van der Waals surface area contributed by atoms with Crippen LogP contribution in [0, 0.1) is 6.92 Å². The van der Waals surface area contributed by atoms with E-state index in [1.165, 1.54) is 11.1 Å². The van der Waals surface area contributed by atoms with Crippen molar-refractivity contribution in [1.29, 1.82) is 0 Å². The summed E-state index contributed by atoms with van der Waals surface area (Å²) in [5.41, 5.74) is 3.59. The molecule has 2 nitrogen and oxygen atoms in total. The Morgan fingerprint density at radius 2 is 1.68 bits per heavy atom. The van der Waals surface area contributed by atoms with E-state index in [1.54, 1.807) is 7.11 Å². The SMILES string of the molecule is COc1ccc(C=CCNc2ccc(C)cc2)cc1. The molecule has 0 amide bonds. The van der Waals surface area contributed by atoms with Gasteiger partial charge in [-0.05, 0) is 36.8 Å². The summed E-state index contributed by atoms with van der Waals surface area (Å²) in [6, 6.07) is 16.4. The van der Waals surface area contributed by atoms with Crippen LogP contribution >= 0.6 is 0 Å². The van der Waals surface area contributed by atoms with E-state index in [0.29, 0.717) is 0 Å². The van der Waals surface area contributed by atoms with Crippen molar-refractivity contribution in [3.8, 4) is 5.75 Å². The van der Waals surface area contributed by atoms with Gasteiger partial charge in [0.1, 0.15) is 5.75 Å². The van der Waals surface area contributed by atoms with Crippen LogP contribution in [-0.2, 0) is 0 Å². The Balaban J connectivity index is 1.84. The van der Waals surface area contributed by atoms with Crippen LogP contribution in [0.15, 0.2) is 54.6 Å². The fourth-order valence-electron chi connectivity index (χ4n) is 1.76. The molecule has 0 aliphatic rings. The molecule has 2 aromatic carbocycles. The maximum absolute atomic E-state index is 5.13. The largest absolute Gasteiger partial charge is 0.497 e. The van der Waals surface area contributed by atoms with Gasteiger partial charge in [-0.25, -0.2) is 0 Å². The highest BCUT2D eigenvalue weighted by Crippen LogP contribution is 2.12. The summed E-state index contributed by atoms with van der Waals surface area (Å²) in [5.74, 6) is 0.884. The maximum atomic E-state index is 5.13. The van der Waals surface area contributed by atoms with Crippen LogP contribution in [-0.4, -0.2) is 13.7 Å². The van der Waals surface area contributed by atoms with Crippen molar-refractivity contribution in [2.45, 2.75) is 6.92 Å². The van der Waals surface area contributed by atoms with Gasteiger partial charge in [-0.1, -0.05) is 42.0 Å². The molecule has 0 aromatic heterocycles. The zero-order valence-electron chi connectivity index (χ0n) is 11.4. The molecule has 0 aliphatic carbocycles. The third-order valence-electron chi connectivity index (χ3n) is 2.90. The number of rotatable bonds is 5. The molecular formula is C17H19NO. The zero-order valence-corrected chi connectivity index (χ0v) is 11.4. The minimum absolute atomic E-state index is 0.815. The van der Waals surface area contributed by atoms with E-state index in [9.17, 15) is 0 Å². The van der Waals surface area contributed by atoms with Gasteiger partial charge in [0, 0.05) is 12.2 Å². The molecule has 0 atom stereocenters. The predicted octanol–water partition coefficient (Wildman–Crippen LogP) is 4.13. The molecule has 0 saturated carbocycles. The Kier molecular flexibility index (Phi) is 4.62. The highest BCUT2D eigenvalue weighted by Gasteiger charge is 1.91. The second-order valence-corrected chi connectivity index (χ2v) is 4.42. The van der Waals surface area contributed by atoms with Gasteiger partial charge in [0.15, 0.2) is 0 Å². The number of anilines is 1. The topological polar surface area (TPSA) is 21.3 Å². The van der Waals surface area contributed by atoms with Gasteiger partial charge in [0.2, 0.25) is 0 Å². The Morgan fingerprint density at radius 3 is 2.32 bits per heavy atom. The summed E-state index contributed by atoms with van der Waals surface area (Å²) < 4.78 is 5.13. The zero-order chi connectivity index (χ0) is 13.5. The Labute approximate surface area is 114 Å². The molecule has 0 fully saturated rings. The second kappa shape index (κ2) is 6.64. The maximum Gasteiger partial charge on any atom is 0.118 e. The van der Waals surface area contributed by atoms with Gasteiger partial charge in [-0.2, -0.15) is 0 Å². The van der Waals surface area contributed by atoms with Crippen molar-refractivity contribution in [1.82, 2.24) is 0 Å². The fourth-order valence-corrected chi connectivity index (χ4v) is 1.76. The molecule has 98 valence electrons. The number of hydrogen-bond acceptors (Lipinski definition) is 2. The quantitative estimate of drug-likeness (QED) is 0.865. The van der Waals surface area contributed by atoms with Gasteiger partial charge >= 0.3 is 0 Å². The average Bonchev–Trinajstić information content (AvgIpc) is 2.46. The first kappa shape index (κ1) is 13.2.